The first-order chi connectivity index (χ1) is 11.5. The molecule has 2 aromatic rings. The number of ether oxygens (including phenoxy) is 2. The molecule has 1 amide bonds. The summed E-state index contributed by atoms with van der Waals surface area (Å²) >= 11 is 0. The van der Waals surface area contributed by atoms with E-state index in [1.807, 2.05) is 18.2 Å². The van der Waals surface area contributed by atoms with E-state index in [1.165, 1.54) is 11.1 Å². The molecule has 24 heavy (non-hydrogen) atoms. The minimum atomic E-state index is 0.0461. The lowest BCUT2D eigenvalue weighted by Gasteiger charge is -2.10. The average Bonchev–Trinajstić information content (AvgIpc) is 2.58. The number of methoxy groups -OCH3 is 2. The molecule has 0 atom stereocenters. The minimum absolute atomic E-state index is 0.0461. The molecule has 0 heterocycles. The van der Waals surface area contributed by atoms with Gasteiger partial charge in [-0.05, 0) is 49.1 Å². The van der Waals surface area contributed by atoms with Gasteiger partial charge in [-0.3, -0.25) is 4.79 Å². The highest BCUT2D eigenvalue weighted by Crippen LogP contribution is 2.27. The predicted molar refractivity (Wildman–Crippen MR) is 95.6 cm³/mol. The number of aryl methyl sites for hydroxylation is 3. The molecule has 4 nitrogen and oxygen atoms in total. The molecule has 0 radical (unpaired) electrons. The van der Waals surface area contributed by atoms with Crippen LogP contribution in [0.2, 0.25) is 0 Å². The van der Waals surface area contributed by atoms with Crippen LogP contribution in [0.1, 0.15) is 28.7 Å². The van der Waals surface area contributed by atoms with Crippen molar-refractivity contribution < 1.29 is 14.3 Å². The molecule has 128 valence electrons. The van der Waals surface area contributed by atoms with Gasteiger partial charge in [0.25, 0.3) is 0 Å². The van der Waals surface area contributed by atoms with E-state index >= 15 is 0 Å². The zero-order chi connectivity index (χ0) is 17.5. The third-order valence-electron chi connectivity index (χ3n) is 4.06. The van der Waals surface area contributed by atoms with Gasteiger partial charge in [0, 0.05) is 13.0 Å². The SMILES string of the molecule is COc1ccc(CCC(=O)NCc2ccc(C)cc2C)cc1OC. The maximum atomic E-state index is 12.1. The van der Waals surface area contributed by atoms with Crippen molar-refractivity contribution in [2.45, 2.75) is 33.2 Å². The molecule has 0 spiro atoms. The smallest absolute Gasteiger partial charge is 0.220 e. The van der Waals surface area contributed by atoms with Crippen molar-refractivity contribution in [3.05, 3.63) is 58.7 Å². The van der Waals surface area contributed by atoms with Crippen LogP contribution < -0.4 is 14.8 Å². The molecule has 0 aliphatic carbocycles. The fourth-order valence-electron chi connectivity index (χ4n) is 2.62. The Morgan fingerprint density at radius 2 is 1.75 bits per heavy atom. The van der Waals surface area contributed by atoms with E-state index in [1.54, 1.807) is 14.2 Å². The van der Waals surface area contributed by atoms with Crippen molar-refractivity contribution in [2.24, 2.45) is 0 Å². The topological polar surface area (TPSA) is 47.6 Å². The van der Waals surface area contributed by atoms with Crippen LogP contribution in [0.15, 0.2) is 36.4 Å². The Hall–Kier alpha value is -2.49. The molecule has 4 heteroatoms. The molecule has 0 saturated heterocycles. The van der Waals surface area contributed by atoms with E-state index in [9.17, 15) is 4.79 Å². The van der Waals surface area contributed by atoms with Gasteiger partial charge in [0.2, 0.25) is 5.91 Å². The van der Waals surface area contributed by atoms with Gasteiger partial charge < -0.3 is 14.8 Å². The number of benzene rings is 2. The molecule has 1 N–H and O–H groups in total. The van der Waals surface area contributed by atoms with Gasteiger partial charge in [0.1, 0.15) is 0 Å². The highest BCUT2D eigenvalue weighted by atomic mass is 16.5. The molecule has 2 aromatic carbocycles. The van der Waals surface area contributed by atoms with Crippen LogP contribution in [0, 0.1) is 13.8 Å². The number of nitrogens with one attached hydrogen (secondary N) is 1. The molecule has 0 aliphatic heterocycles. The summed E-state index contributed by atoms with van der Waals surface area (Å²) in [7, 11) is 3.22. The third-order valence-corrected chi connectivity index (χ3v) is 4.06. The zero-order valence-electron chi connectivity index (χ0n) is 14.8. The van der Waals surface area contributed by atoms with Crippen LogP contribution >= 0.6 is 0 Å². The van der Waals surface area contributed by atoms with E-state index in [0.29, 0.717) is 30.9 Å². The maximum absolute atomic E-state index is 12.1. The van der Waals surface area contributed by atoms with E-state index in [0.717, 1.165) is 11.1 Å². The van der Waals surface area contributed by atoms with Crippen molar-refractivity contribution >= 4 is 5.91 Å². The second kappa shape index (κ2) is 8.39. The Labute approximate surface area is 143 Å². The molecule has 0 bridgehead atoms. The fraction of sp³-hybridized carbons (Fsp3) is 0.350. The molecule has 0 aromatic heterocycles. The van der Waals surface area contributed by atoms with Crippen LogP contribution in [0.4, 0.5) is 0 Å². The van der Waals surface area contributed by atoms with Crippen LogP contribution in [0.3, 0.4) is 0 Å². The Balaban J connectivity index is 1.87. The van der Waals surface area contributed by atoms with E-state index in [2.05, 4.69) is 37.4 Å². The monoisotopic (exact) mass is 327 g/mol. The molecular formula is C20H25NO3. The molecule has 0 unspecified atom stereocenters. The van der Waals surface area contributed by atoms with Gasteiger partial charge >= 0.3 is 0 Å². The lowest BCUT2D eigenvalue weighted by atomic mass is 10.1. The minimum Gasteiger partial charge on any atom is -0.493 e. The van der Waals surface area contributed by atoms with Gasteiger partial charge in [0.15, 0.2) is 11.5 Å². The standard InChI is InChI=1S/C20H25NO3/c1-14-5-8-17(15(2)11-14)13-21-20(22)10-7-16-6-9-18(23-3)19(12-16)24-4/h5-6,8-9,11-12H,7,10,13H2,1-4H3,(H,21,22). The highest BCUT2D eigenvalue weighted by molar-refractivity contribution is 5.76. The first kappa shape index (κ1) is 17.9. The first-order valence-corrected chi connectivity index (χ1v) is 8.07. The summed E-state index contributed by atoms with van der Waals surface area (Å²) in [5.74, 6) is 1.43. The van der Waals surface area contributed by atoms with Crippen molar-refractivity contribution in [3.8, 4) is 11.5 Å². The number of carbonyl (C=O) groups excluding carboxylic acids is 1. The largest absolute Gasteiger partial charge is 0.493 e. The lowest BCUT2D eigenvalue weighted by Crippen LogP contribution is -2.23. The molecule has 0 saturated carbocycles. The second-order valence-electron chi connectivity index (χ2n) is 5.90. The Bertz CT molecular complexity index is 710. The van der Waals surface area contributed by atoms with Gasteiger partial charge in [-0.1, -0.05) is 29.8 Å². The fourth-order valence-corrected chi connectivity index (χ4v) is 2.62. The van der Waals surface area contributed by atoms with E-state index in [-0.39, 0.29) is 5.91 Å². The number of amides is 1. The molecule has 0 aliphatic rings. The third kappa shape index (κ3) is 4.75. The second-order valence-corrected chi connectivity index (χ2v) is 5.90. The van der Waals surface area contributed by atoms with Crippen LogP contribution in [0.5, 0.6) is 11.5 Å². The summed E-state index contributed by atoms with van der Waals surface area (Å²) in [6, 6.07) is 12.0. The van der Waals surface area contributed by atoms with E-state index in [4.69, 9.17) is 9.47 Å². The maximum Gasteiger partial charge on any atom is 0.220 e. The molecular weight excluding hydrogens is 302 g/mol. The molecule has 0 fully saturated rings. The van der Waals surface area contributed by atoms with E-state index < -0.39 is 0 Å². The van der Waals surface area contributed by atoms with Crippen molar-refractivity contribution in [3.63, 3.8) is 0 Å². The number of carbonyl (C=O) groups is 1. The van der Waals surface area contributed by atoms with Crippen molar-refractivity contribution in [2.75, 3.05) is 14.2 Å². The summed E-state index contributed by atoms with van der Waals surface area (Å²) in [6.45, 7) is 4.70. The van der Waals surface area contributed by atoms with Crippen molar-refractivity contribution in [1.82, 2.24) is 5.32 Å². The number of rotatable bonds is 7. The summed E-state index contributed by atoms with van der Waals surface area (Å²) in [5, 5.41) is 2.99. The normalized spacial score (nSPS) is 10.3. The van der Waals surface area contributed by atoms with Gasteiger partial charge in [-0.25, -0.2) is 0 Å². The number of hydrogen-bond acceptors (Lipinski definition) is 3. The zero-order valence-corrected chi connectivity index (χ0v) is 14.8. The van der Waals surface area contributed by atoms with Gasteiger partial charge in [-0.2, -0.15) is 0 Å². The van der Waals surface area contributed by atoms with Crippen LogP contribution in [-0.2, 0) is 17.8 Å². The van der Waals surface area contributed by atoms with Gasteiger partial charge in [-0.15, -0.1) is 0 Å². The van der Waals surface area contributed by atoms with Crippen LogP contribution in [-0.4, -0.2) is 20.1 Å². The average molecular weight is 327 g/mol. The highest BCUT2D eigenvalue weighted by Gasteiger charge is 2.07. The Morgan fingerprint density at radius 3 is 2.42 bits per heavy atom. The van der Waals surface area contributed by atoms with Crippen molar-refractivity contribution in [1.29, 1.82) is 0 Å². The lowest BCUT2D eigenvalue weighted by molar-refractivity contribution is -0.121. The first-order valence-electron chi connectivity index (χ1n) is 8.07. The van der Waals surface area contributed by atoms with Crippen LogP contribution in [0.25, 0.3) is 0 Å². The number of hydrogen-bond donors (Lipinski definition) is 1. The Kier molecular flexibility index (Phi) is 6.24. The summed E-state index contributed by atoms with van der Waals surface area (Å²) in [4.78, 5) is 12.1. The summed E-state index contributed by atoms with van der Waals surface area (Å²) < 4.78 is 10.5. The summed E-state index contributed by atoms with van der Waals surface area (Å²) in [5.41, 5.74) is 4.64. The molecule has 2 rings (SSSR count). The summed E-state index contributed by atoms with van der Waals surface area (Å²) in [6.07, 6.45) is 1.11. The predicted octanol–water partition coefficient (Wildman–Crippen LogP) is 3.57. The Morgan fingerprint density at radius 1 is 1.00 bits per heavy atom. The van der Waals surface area contributed by atoms with Gasteiger partial charge in [0.05, 0.1) is 14.2 Å². The quantitative estimate of drug-likeness (QED) is 0.846.